The Morgan fingerprint density at radius 3 is 2.54 bits per heavy atom. The van der Waals surface area contributed by atoms with Gasteiger partial charge in [-0.2, -0.15) is 0 Å². The van der Waals surface area contributed by atoms with E-state index >= 15 is 0 Å². The van der Waals surface area contributed by atoms with Crippen molar-refractivity contribution in [3.8, 4) is 0 Å². The maximum absolute atomic E-state index is 5.55. The molecular weight excluding hydrogens is 182 g/mol. The molecule has 0 aromatic heterocycles. The van der Waals surface area contributed by atoms with Crippen LogP contribution in [0.5, 0.6) is 0 Å². The number of hydrogen-bond donors (Lipinski definition) is 1. The highest BCUT2D eigenvalue weighted by Crippen LogP contribution is 2.41. The lowest BCUT2D eigenvalue weighted by Crippen LogP contribution is -2.04. The molecule has 0 spiro atoms. The molecule has 1 aromatic rings. The molecule has 1 aromatic carbocycles. The van der Waals surface area contributed by atoms with Crippen LogP contribution in [-0.2, 0) is 6.42 Å². The van der Waals surface area contributed by atoms with Gasteiger partial charge in [-0.3, -0.25) is 0 Å². The van der Waals surface area contributed by atoms with Gasteiger partial charge in [0.15, 0.2) is 0 Å². The Kier molecular flexibility index (Phi) is 3.76. The Morgan fingerprint density at radius 1 is 1.23 bits per heavy atom. The standard InChI is InChI=1S/C11H15N.ClH/c12-8-7-9-3-1-2-4-11(9)10-5-6-10;/h1-4,10H,5-8,12H2;1H. The summed E-state index contributed by atoms with van der Waals surface area (Å²) in [6, 6.07) is 8.70. The topological polar surface area (TPSA) is 26.0 Å². The van der Waals surface area contributed by atoms with Gasteiger partial charge in [-0.15, -0.1) is 12.4 Å². The van der Waals surface area contributed by atoms with Crippen LogP contribution in [0, 0.1) is 0 Å². The van der Waals surface area contributed by atoms with Crippen LogP contribution in [0.25, 0.3) is 0 Å². The van der Waals surface area contributed by atoms with Gasteiger partial charge in [-0.05, 0) is 42.9 Å². The molecule has 1 aliphatic carbocycles. The minimum Gasteiger partial charge on any atom is -0.330 e. The van der Waals surface area contributed by atoms with Crippen LogP contribution in [0.15, 0.2) is 24.3 Å². The van der Waals surface area contributed by atoms with Gasteiger partial charge in [0.05, 0.1) is 0 Å². The number of halogens is 1. The molecule has 0 amide bonds. The van der Waals surface area contributed by atoms with E-state index in [0.717, 1.165) is 18.9 Å². The Labute approximate surface area is 85.7 Å². The molecule has 0 unspecified atom stereocenters. The second-order valence-corrected chi connectivity index (χ2v) is 3.51. The maximum atomic E-state index is 5.55. The molecule has 2 heteroatoms. The Morgan fingerprint density at radius 2 is 1.92 bits per heavy atom. The highest BCUT2D eigenvalue weighted by atomic mass is 35.5. The van der Waals surface area contributed by atoms with E-state index in [0.29, 0.717) is 0 Å². The summed E-state index contributed by atoms with van der Waals surface area (Å²) < 4.78 is 0. The first-order valence-corrected chi connectivity index (χ1v) is 4.69. The van der Waals surface area contributed by atoms with Gasteiger partial charge < -0.3 is 5.73 Å². The van der Waals surface area contributed by atoms with E-state index in [2.05, 4.69) is 24.3 Å². The zero-order valence-electron chi connectivity index (χ0n) is 7.70. The SMILES string of the molecule is Cl.NCCc1ccccc1C1CC1. The van der Waals surface area contributed by atoms with Gasteiger partial charge in [0.1, 0.15) is 0 Å². The van der Waals surface area contributed by atoms with Crippen LogP contribution in [-0.4, -0.2) is 6.54 Å². The normalized spacial score (nSPS) is 15.2. The van der Waals surface area contributed by atoms with E-state index < -0.39 is 0 Å². The molecule has 0 heterocycles. The van der Waals surface area contributed by atoms with Crippen molar-refractivity contribution in [1.82, 2.24) is 0 Å². The molecule has 2 N–H and O–H groups in total. The van der Waals surface area contributed by atoms with Crippen LogP contribution in [0.1, 0.15) is 29.9 Å². The van der Waals surface area contributed by atoms with Gasteiger partial charge in [0.2, 0.25) is 0 Å². The summed E-state index contributed by atoms with van der Waals surface area (Å²) in [6.45, 7) is 0.768. The lowest BCUT2D eigenvalue weighted by atomic mass is 10.0. The van der Waals surface area contributed by atoms with E-state index in [1.54, 1.807) is 5.56 Å². The fourth-order valence-electron chi connectivity index (χ4n) is 1.71. The molecule has 0 aliphatic heterocycles. The molecule has 0 radical (unpaired) electrons. The predicted molar refractivity (Wildman–Crippen MR) is 58.4 cm³/mol. The van der Waals surface area contributed by atoms with Crippen molar-refractivity contribution < 1.29 is 0 Å². The first-order valence-electron chi connectivity index (χ1n) is 4.69. The maximum Gasteiger partial charge on any atom is -0.00366 e. The molecule has 2 rings (SSSR count). The fourth-order valence-corrected chi connectivity index (χ4v) is 1.71. The Bertz CT molecular complexity index is 269. The largest absolute Gasteiger partial charge is 0.330 e. The summed E-state index contributed by atoms with van der Waals surface area (Å²) in [5.41, 5.74) is 8.56. The number of nitrogens with two attached hydrogens (primary N) is 1. The van der Waals surface area contributed by atoms with Gasteiger partial charge in [-0.1, -0.05) is 24.3 Å². The zero-order chi connectivity index (χ0) is 8.39. The van der Waals surface area contributed by atoms with Crippen molar-refractivity contribution in [3.05, 3.63) is 35.4 Å². The highest BCUT2D eigenvalue weighted by molar-refractivity contribution is 5.85. The monoisotopic (exact) mass is 197 g/mol. The molecule has 1 nitrogen and oxygen atoms in total. The summed E-state index contributed by atoms with van der Waals surface area (Å²) in [4.78, 5) is 0. The van der Waals surface area contributed by atoms with Crippen LogP contribution < -0.4 is 5.73 Å². The quantitative estimate of drug-likeness (QED) is 0.792. The third-order valence-electron chi connectivity index (χ3n) is 2.49. The van der Waals surface area contributed by atoms with E-state index in [4.69, 9.17) is 5.73 Å². The summed E-state index contributed by atoms with van der Waals surface area (Å²) in [6.07, 6.45) is 3.79. The zero-order valence-corrected chi connectivity index (χ0v) is 8.52. The summed E-state index contributed by atoms with van der Waals surface area (Å²) in [5, 5.41) is 0. The average molecular weight is 198 g/mol. The lowest BCUT2D eigenvalue weighted by molar-refractivity contribution is 0.936. The predicted octanol–water partition coefficient (Wildman–Crippen LogP) is 2.49. The summed E-state index contributed by atoms with van der Waals surface area (Å²) >= 11 is 0. The Hall–Kier alpha value is -0.530. The summed E-state index contributed by atoms with van der Waals surface area (Å²) in [7, 11) is 0. The first-order chi connectivity index (χ1) is 5.92. The van der Waals surface area contributed by atoms with Crippen molar-refractivity contribution in [3.63, 3.8) is 0 Å². The second kappa shape index (κ2) is 4.64. The van der Waals surface area contributed by atoms with Crippen LogP contribution in [0.3, 0.4) is 0 Å². The van der Waals surface area contributed by atoms with Crippen molar-refractivity contribution >= 4 is 12.4 Å². The van der Waals surface area contributed by atoms with Gasteiger partial charge in [0.25, 0.3) is 0 Å². The number of hydrogen-bond acceptors (Lipinski definition) is 1. The number of rotatable bonds is 3. The van der Waals surface area contributed by atoms with Crippen molar-refractivity contribution in [2.24, 2.45) is 5.73 Å². The molecule has 0 bridgehead atoms. The van der Waals surface area contributed by atoms with Crippen LogP contribution in [0.4, 0.5) is 0 Å². The average Bonchev–Trinajstić information content (AvgIpc) is 2.89. The molecule has 13 heavy (non-hydrogen) atoms. The third-order valence-corrected chi connectivity index (χ3v) is 2.49. The van der Waals surface area contributed by atoms with Crippen molar-refractivity contribution in [1.29, 1.82) is 0 Å². The lowest BCUT2D eigenvalue weighted by Gasteiger charge is -2.05. The van der Waals surface area contributed by atoms with Crippen LogP contribution >= 0.6 is 12.4 Å². The highest BCUT2D eigenvalue weighted by Gasteiger charge is 2.24. The van der Waals surface area contributed by atoms with E-state index in [1.165, 1.54) is 18.4 Å². The van der Waals surface area contributed by atoms with Gasteiger partial charge >= 0.3 is 0 Å². The summed E-state index contributed by atoms with van der Waals surface area (Å²) in [5.74, 6) is 0.854. The fraction of sp³-hybridized carbons (Fsp3) is 0.455. The molecule has 1 fully saturated rings. The van der Waals surface area contributed by atoms with Gasteiger partial charge in [0, 0.05) is 0 Å². The van der Waals surface area contributed by atoms with E-state index in [9.17, 15) is 0 Å². The molecular formula is C11H16ClN. The van der Waals surface area contributed by atoms with E-state index in [1.807, 2.05) is 0 Å². The van der Waals surface area contributed by atoms with Crippen LogP contribution in [0.2, 0.25) is 0 Å². The van der Waals surface area contributed by atoms with Gasteiger partial charge in [-0.25, -0.2) is 0 Å². The molecule has 0 saturated heterocycles. The Balaban J connectivity index is 0.000000845. The molecule has 72 valence electrons. The number of benzene rings is 1. The molecule has 1 aliphatic rings. The first kappa shape index (κ1) is 10.6. The van der Waals surface area contributed by atoms with Crippen molar-refractivity contribution in [2.75, 3.05) is 6.54 Å². The minimum absolute atomic E-state index is 0. The molecule has 0 atom stereocenters. The second-order valence-electron chi connectivity index (χ2n) is 3.51. The smallest absolute Gasteiger partial charge is 0.00366 e. The molecule has 1 saturated carbocycles. The van der Waals surface area contributed by atoms with E-state index in [-0.39, 0.29) is 12.4 Å². The third kappa shape index (κ3) is 2.45. The van der Waals surface area contributed by atoms with Crippen molar-refractivity contribution in [2.45, 2.75) is 25.2 Å². The minimum atomic E-state index is 0.